The number of phenolic OH excluding ortho intramolecular Hbond substituents is 1. The average molecular weight is 1460 g/mol. The molecule has 0 radical (unpaired) electrons. The maximum atomic E-state index is 13.8. The molecule has 10 aliphatic rings. The number of ether oxygens (including phenoxy) is 3. The Bertz CT molecular complexity index is 4800. The first-order valence-corrected chi connectivity index (χ1v) is 37.4. The number of guanidine groups is 3. The molecule has 27 heteroatoms. The number of carbonyl (C=O) groups is 4. The number of fused-ring (bicyclic) bond motifs is 13. The van der Waals surface area contributed by atoms with E-state index >= 15 is 0 Å². The number of halogens is 3. The summed E-state index contributed by atoms with van der Waals surface area (Å²) in [5, 5.41) is 15.0. The number of benzene rings is 5. The molecule has 0 unspecified atom stereocenters. The number of imidazole rings is 3. The highest BCUT2D eigenvalue weighted by molar-refractivity contribution is 6.33. The van der Waals surface area contributed by atoms with E-state index in [2.05, 4.69) is 55.4 Å². The van der Waals surface area contributed by atoms with Gasteiger partial charge in [-0.15, -0.1) is 0 Å². The number of aliphatic imine (C=N–C) groups is 3. The molecule has 11 heterocycles. The number of rotatable bonds is 16. The number of carbonyl (C=O) groups excluding carboxylic acids is 4. The summed E-state index contributed by atoms with van der Waals surface area (Å²) in [6.07, 6.45) is 14.1. The fourth-order valence-corrected chi connectivity index (χ4v) is 17.1. The van der Waals surface area contributed by atoms with Crippen LogP contribution in [0.15, 0.2) is 124 Å². The summed E-state index contributed by atoms with van der Waals surface area (Å²) in [5.41, 5.74) is 8.87. The second kappa shape index (κ2) is 28.6. The summed E-state index contributed by atoms with van der Waals surface area (Å²) >= 11 is 19.1. The number of phenols is 1. The lowest BCUT2D eigenvalue weighted by Gasteiger charge is -2.35. The lowest BCUT2D eigenvalue weighted by atomic mass is 9.96. The highest BCUT2D eigenvalue weighted by atomic mass is 35.5. The van der Waals surface area contributed by atoms with Gasteiger partial charge < -0.3 is 33.8 Å². The summed E-state index contributed by atoms with van der Waals surface area (Å²) in [4.78, 5) is 94.6. The molecule has 0 spiro atoms. The number of methoxy groups -OCH3 is 1. The monoisotopic (exact) mass is 1460 g/mol. The van der Waals surface area contributed by atoms with Crippen molar-refractivity contribution in [2.75, 3.05) is 73.1 Å². The number of aromatic hydroxyl groups is 1. The van der Waals surface area contributed by atoms with Crippen LogP contribution in [0.4, 0.5) is 23.4 Å². The van der Waals surface area contributed by atoms with Crippen LogP contribution >= 0.6 is 34.8 Å². The number of hydrogen-bond donors (Lipinski definition) is 2. The Morgan fingerprint density at radius 1 is 0.577 bits per heavy atom. The quantitative estimate of drug-likeness (QED) is 0.0855. The standard InChI is InChI=1S/C27H26ClN5O4.C25H31ClN6O2.C25H24ClN5O2/c1-3-31-25(34)21-23(33-15-19(29-27(31)33)12-16-7-5-4-6-8-16)30-24(26(35)36-2)32(21)14-17-11-18-9-10-37-22(18)20(28)13-17;1-2-30-23(34)21-22(32-19-10-6-9-18(19)28-25(30)32)29-24(27-16-7-4-3-5-8-16)31(21)14-15-11-12-20(33)17(26)13-15;1-2-30-24(32)21-23(31-14-19(28-25(30)31)11-16-6-4-3-5-7-16)27-15-29(21)13-17-10-18-8-9-33-22(18)20(26)12-17/h4-8,11,13,19H,3,9-10,12,14-15H2,1-2H3;11-13,16,18-19,33H,2-10,14H2,1H3,(H,27,29);3-7,10,12,15,19H,2,8-9,11,13-14H2,1H3/t19-;18-,19+;19-/m111/s1. The lowest BCUT2D eigenvalue weighted by molar-refractivity contribution is 0.0581. The van der Waals surface area contributed by atoms with Gasteiger partial charge in [0.25, 0.3) is 17.7 Å². The first-order valence-electron chi connectivity index (χ1n) is 36.2. The molecule has 2 saturated carbocycles. The van der Waals surface area contributed by atoms with E-state index in [0.717, 1.165) is 109 Å². The van der Waals surface area contributed by atoms with Crippen molar-refractivity contribution in [1.29, 1.82) is 0 Å². The van der Waals surface area contributed by atoms with Crippen LogP contribution in [0.25, 0.3) is 0 Å². The molecule has 4 atom stereocenters. The normalized spacial score (nSPS) is 20.1. The van der Waals surface area contributed by atoms with Crippen LogP contribution in [0.5, 0.6) is 17.2 Å². The zero-order valence-electron chi connectivity index (χ0n) is 58.5. The predicted octanol–water partition coefficient (Wildman–Crippen LogP) is 12.0. The fraction of sp³-hybridized carbons (Fsp3) is 0.403. The number of amides is 3. The summed E-state index contributed by atoms with van der Waals surface area (Å²) in [5.74, 6) is 5.24. The maximum absolute atomic E-state index is 13.8. The predicted molar refractivity (Wildman–Crippen MR) is 399 cm³/mol. The highest BCUT2D eigenvalue weighted by Gasteiger charge is 2.51. The Balaban J connectivity index is 0.000000120. The highest BCUT2D eigenvalue weighted by Crippen LogP contribution is 2.44. The number of aromatic nitrogens is 6. The summed E-state index contributed by atoms with van der Waals surface area (Å²) in [6, 6.07) is 34.4. The topological polar surface area (TPSA) is 238 Å². The summed E-state index contributed by atoms with van der Waals surface area (Å²) in [7, 11) is 1.31. The smallest absolute Gasteiger partial charge is 0.374 e. The Hall–Kier alpha value is -9.91. The van der Waals surface area contributed by atoms with Crippen molar-refractivity contribution in [2.24, 2.45) is 15.0 Å². The minimum absolute atomic E-state index is 0.0487. The molecule has 18 rings (SSSR count). The molecule has 0 saturated heterocycles. The number of hydrogen-bond acceptors (Lipinski definition) is 18. The summed E-state index contributed by atoms with van der Waals surface area (Å²) in [6.45, 7) is 11.1. The molecule has 2 fully saturated rings. The third-order valence-corrected chi connectivity index (χ3v) is 22.1. The Labute approximate surface area is 617 Å². The third-order valence-electron chi connectivity index (χ3n) is 21.2. The van der Waals surface area contributed by atoms with E-state index in [0.29, 0.717) is 127 Å². The second-order valence-corrected chi connectivity index (χ2v) is 29.0. The van der Waals surface area contributed by atoms with Gasteiger partial charge in [-0.3, -0.25) is 48.4 Å². The van der Waals surface area contributed by atoms with Crippen LogP contribution in [-0.2, 0) is 50.1 Å². The fourth-order valence-electron chi connectivity index (χ4n) is 16.3. The van der Waals surface area contributed by atoms with Crippen LogP contribution in [0.2, 0.25) is 15.1 Å². The zero-order chi connectivity index (χ0) is 71.6. The minimum atomic E-state index is -0.612. The van der Waals surface area contributed by atoms with Crippen molar-refractivity contribution >= 4 is 99.8 Å². The third kappa shape index (κ3) is 12.6. The first-order chi connectivity index (χ1) is 50.6. The molecular formula is C77H81Cl3N16O8. The molecule has 538 valence electrons. The van der Waals surface area contributed by atoms with Crippen molar-refractivity contribution in [1.82, 2.24) is 43.4 Å². The van der Waals surface area contributed by atoms with Gasteiger partial charge in [0.2, 0.25) is 29.7 Å². The Kier molecular flexibility index (Phi) is 18.9. The number of anilines is 4. The van der Waals surface area contributed by atoms with Gasteiger partial charge in [-0.2, -0.15) is 4.98 Å². The number of nitrogens with zero attached hydrogens (tertiary/aromatic N) is 15. The number of esters is 1. The van der Waals surface area contributed by atoms with Crippen LogP contribution in [0.1, 0.15) is 153 Å². The molecule has 2 aliphatic carbocycles. The van der Waals surface area contributed by atoms with Crippen LogP contribution in [0.3, 0.4) is 0 Å². The molecular weight excluding hydrogens is 1380 g/mol. The largest absolute Gasteiger partial charge is 0.506 e. The Morgan fingerprint density at radius 2 is 1.13 bits per heavy atom. The molecule has 104 heavy (non-hydrogen) atoms. The van der Waals surface area contributed by atoms with Gasteiger partial charge in [0.1, 0.15) is 17.2 Å². The molecule has 3 amide bonds. The minimum Gasteiger partial charge on any atom is -0.506 e. The average Bonchev–Trinajstić information content (AvgIpc) is 1.56. The van der Waals surface area contributed by atoms with E-state index in [1.54, 1.807) is 37.7 Å². The van der Waals surface area contributed by atoms with Crippen molar-refractivity contribution < 1.29 is 38.5 Å². The zero-order valence-corrected chi connectivity index (χ0v) is 60.8. The second-order valence-electron chi connectivity index (χ2n) is 27.8. The molecule has 24 nitrogen and oxygen atoms in total. The van der Waals surface area contributed by atoms with Gasteiger partial charge >= 0.3 is 5.97 Å². The van der Waals surface area contributed by atoms with Gasteiger partial charge in [0.15, 0.2) is 34.5 Å². The van der Waals surface area contributed by atoms with E-state index in [1.165, 1.54) is 37.5 Å². The molecule has 0 bridgehead atoms. The Morgan fingerprint density at radius 3 is 1.73 bits per heavy atom. The lowest BCUT2D eigenvalue weighted by Crippen LogP contribution is -2.53. The van der Waals surface area contributed by atoms with E-state index in [1.807, 2.05) is 95.5 Å². The van der Waals surface area contributed by atoms with Gasteiger partial charge in [-0.05, 0) is 129 Å². The molecule has 8 aliphatic heterocycles. The number of nitrogens with one attached hydrogen (secondary N) is 1. The van der Waals surface area contributed by atoms with Crippen LogP contribution < -0.4 is 29.5 Å². The van der Waals surface area contributed by atoms with Gasteiger partial charge in [-0.1, -0.05) is 133 Å². The molecule has 2 N–H and O–H groups in total. The first kappa shape index (κ1) is 68.5. The van der Waals surface area contributed by atoms with E-state index < -0.39 is 5.97 Å². The van der Waals surface area contributed by atoms with E-state index in [-0.39, 0.29) is 60.0 Å². The van der Waals surface area contributed by atoms with Gasteiger partial charge in [0.05, 0.1) is 92.1 Å². The van der Waals surface area contributed by atoms with Crippen molar-refractivity contribution in [3.8, 4) is 17.2 Å². The van der Waals surface area contributed by atoms with E-state index in [9.17, 15) is 24.3 Å². The molecule has 5 aromatic carbocycles. The maximum Gasteiger partial charge on any atom is 0.374 e. The van der Waals surface area contributed by atoms with Crippen molar-refractivity contribution in [3.63, 3.8) is 0 Å². The van der Waals surface area contributed by atoms with Gasteiger partial charge in [0, 0.05) is 45.1 Å². The van der Waals surface area contributed by atoms with Crippen molar-refractivity contribution in [2.45, 2.75) is 148 Å². The van der Waals surface area contributed by atoms with Crippen LogP contribution in [0, 0.1) is 0 Å². The summed E-state index contributed by atoms with van der Waals surface area (Å²) < 4.78 is 21.9. The molecule has 3 aromatic heterocycles. The van der Waals surface area contributed by atoms with Gasteiger partial charge in [-0.25, -0.2) is 29.7 Å². The van der Waals surface area contributed by atoms with E-state index in [4.69, 9.17) is 69.0 Å². The molecule has 8 aromatic rings. The van der Waals surface area contributed by atoms with Crippen molar-refractivity contribution in [3.05, 3.63) is 186 Å². The van der Waals surface area contributed by atoms with Crippen LogP contribution in [-0.4, -0.2) is 173 Å². The SMILES string of the molecule is CCN1C(=O)c2c(nc(C(=O)OC)n2Cc2cc(Cl)c3c(c2)CCO3)N2C[C@@H](Cc3ccccc3)N=C12.CCN1C(=O)c2c(nc(NC3CCCCC3)n2Cc2ccc(O)c(Cl)c2)N2C1=N[C@@H]1CCC[C@@H]12.CCN1C(=O)c2c(ncn2Cc2cc(Cl)c3c(c2)CCO3)N2C[C@@H](Cc3ccccc3)N=C12.